The summed E-state index contributed by atoms with van der Waals surface area (Å²) in [5, 5.41) is 9.47. The van der Waals surface area contributed by atoms with Crippen molar-refractivity contribution in [2.45, 2.75) is 111 Å². The lowest BCUT2D eigenvalue weighted by molar-refractivity contribution is -0.137. The highest BCUT2D eigenvalue weighted by atomic mass is 16.5. The van der Waals surface area contributed by atoms with E-state index in [4.69, 9.17) is 4.74 Å². The minimum absolute atomic E-state index is 0.0616. The highest BCUT2D eigenvalue weighted by molar-refractivity contribution is 6.30. The van der Waals surface area contributed by atoms with Crippen molar-refractivity contribution < 1.29 is 19.1 Å². The summed E-state index contributed by atoms with van der Waals surface area (Å²) >= 11 is 0. The quantitative estimate of drug-likeness (QED) is 0.0810. The zero-order valence-electron chi connectivity index (χ0n) is 37.0. The number of benzene rings is 4. The number of amides is 4. The average molecular weight is 817 g/mol. The molecule has 0 radical (unpaired) electrons. The van der Waals surface area contributed by atoms with Crippen LogP contribution in [0.25, 0.3) is 55.5 Å². The Labute approximate surface area is 359 Å². The van der Waals surface area contributed by atoms with Crippen LogP contribution in [0.2, 0.25) is 0 Å². The fourth-order valence-corrected chi connectivity index (χ4v) is 10.2. The van der Waals surface area contributed by atoms with Gasteiger partial charge < -0.3 is 13.9 Å². The maximum Gasteiger partial charge on any atom is 0.334 e. The Hall–Kier alpha value is -5.73. The van der Waals surface area contributed by atoms with E-state index in [9.17, 15) is 14.4 Å². The number of hydrogen-bond donors (Lipinski definition) is 0. The molecule has 6 aromatic rings. The van der Waals surface area contributed by atoms with E-state index in [2.05, 4.69) is 134 Å². The number of carbonyl (C=O) groups excluding carboxylic acids is 3. The number of unbranched alkanes of at least 4 members (excludes halogenated alkanes) is 1. The molecule has 8 rings (SSSR count). The van der Waals surface area contributed by atoms with Crippen molar-refractivity contribution in [3.8, 4) is 0 Å². The van der Waals surface area contributed by atoms with Crippen LogP contribution in [0.5, 0.6) is 0 Å². The molecule has 2 aliphatic rings. The van der Waals surface area contributed by atoms with Gasteiger partial charge in [0.15, 0.2) is 0 Å². The van der Waals surface area contributed by atoms with Crippen LogP contribution >= 0.6 is 0 Å². The van der Waals surface area contributed by atoms with E-state index >= 15 is 0 Å². The topological polar surface area (TPSA) is 76.8 Å². The number of aromatic nitrogens is 2. The Morgan fingerprint density at radius 2 is 1.10 bits per heavy atom. The van der Waals surface area contributed by atoms with Crippen molar-refractivity contribution in [3.63, 3.8) is 0 Å². The molecular formula is C53H60N4O4. The van der Waals surface area contributed by atoms with Crippen LogP contribution in [0.3, 0.4) is 0 Å². The van der Waals surface area contributed by atoms with E-state index in [1.165, 1.54) is 53.2 Å². The second-order valence-electron chi connectivity index (χ2n) is 17.2. The van der Waals surface area contributed by atoms with E-state index in [0.717, 1.165) is 53.9 Å². The summed E-state index contributed by atoms with van der Waals surface area (Å²) in [7, 11) is 1.56. The smallest absolute Gasteiger partial charge is 0.334 e. The second kappa shape index (κ2) is 17.7. The van der Waals surface area contributed by atoms with Gasteiger partial charge in [0.25, 0.3) is 11.8 Å². The number of allylic oxidation sites excluding steroid dienone is 5. The number of ether oxygens (including phenoxy) is 1. The molecule has 4 aromatic carbocycles. The van der Waals surface area contributed by atoms with Gasteiger partial charge in [0.05, 0.1) is 12.6 Å². The second-order valence-corrected chi connectivity index (χ2v) is 17.2. The Kier molecular flexibility index (Phi) is 12.2. The van der Waals surface area contributed by atoms with Crippen molar-refractivity contribution >= 4 is 73.3 Å². The first-order valence-electron chi connectivity index (χ1n) is 22.5. The normalized spacial score (nSPS) is 18.9. The number of barbiturate groups is 1. The van der Waals surface area contributed by atoms with Gasteiger partial charge in [-0.25, -0.2) is 4.79 Å². The first kappa shape index (κ1) is 42.0. The molecule has 1 aliphatic carbocycles. The van der Waals surface area contributed by atoms with E-state index in [1.54, 1.807) is 14.0 Å². The number of nitrogens with zero attached hydrogens (tertiary/aromatic N) is 4. The van der Waals surface area contributed by atoms with E-state index in [-0.39, 0.29) is 30.8 Å². The molecule has 0 bridgehead atoms. The van der Waals surface area contributed by atoms with Crippen LogP contribution in [-0.4, -0.2) is 63.1 Å². The van der Waals surface area contributed by atoms with Gasteiger partial charge in [-0.2, -0.15) is 0 Å². The maximum absolute atomic E-state index is 14.9. The Morgan fingerprint density at radius 3 is 1.56 bits per heavy atom. The first-order valence-corrected chi connectivity index (χ1v) is 22.5. The monoisotopic (exact) mass is 816 g/mol. The van der Waals surface area contributed by atoms with Gasteiger partial charge >= 0.3 is 6.03 Å². The molecule has 0 spiro atoms. The van der Waals surface area contributed by atoms with Crippen LogP contribution < -0.4 is 10.7 Å². The highest BCUT2D eigenvalue weighted by Gasteiger charge is 2.46. The third kappa shape index (κ3) is 7.33. The molecule has 8 nitrogen and oxygen atoms in total. The fraction of sp³-hybridized carbons (Fsp3) is 0.377. The molecule has 4 amide bonds. The van der Waals surface area contributed by atoms with Gasteiger partial charge in [0.1, 0.15) is 5.57 Å². The summed E-state index contributed by atoms with van der Waals surface area (Å²) in [5.74, 6) is -1.08. The molecule has 2 unspecified atom stereocenters. The number of hydrogen-bond acceptors (Lipinski definition) is 4. The van der Waals surface area contributed by atoms with Gasteiger partial charge in [-0.1, -0.05) is 113 Å². The Morgan fingerprint density at radius 1 is 0.607 bits per heavy atom. The Balaban J connectivity index is 1.41. The summed E-state index contributed by atoms with van der Waals surface area (Å²) < 4.78 is 10.4. The lowest BCUT2D eigenvalue weighted by Crippen LogP contribution is -2.60. The molecule has 1 saturated carbocycles. The molecule has 2 aromatic heterocycles. The minimum atomic E-state index is -0.578. The third-order valence-corrected chi connectivity index (χ3v) is 13.0. The zero-order valence-corrected chi connectivity index (χ0v) is 37.0. The van der Waals surface area contributed by atoms with Gasteiger partial charge in [-0.15, -0.1) is 0 Å². The predicted molar refractivity (Wildman–Crippen MR) is 250 cm³/mol. The standard InChI is InChI=1S/C53H60N4O4/c1-8-11-32-54-51(58)50(52(59)57(53(54)60)36(6)33-61-7)47-39(28-30-43-41-22-12-18-37-20-14-24-45(48(37)41)55(43)34(4)16-9-2)26-27-40(47)29-31-44-42-23-13-19-38-21-15-25-46(49(38)42)56(44)35(5)17-10-3/h12-15,18-25,28-31,34-36H,8-11,16-17,26-27,32-33H2,1-7H3/b39-28+,40-29+,43-30+,44-31+,50-47?/t34?,35?,36-/m1/s1. The Bertz CT molecular complexity index is 2700. The lowest BCUT2D eigenvalue weighted by atomic mass is 9.94. The molecule has 0 N–H and O–H groups in total. The lowest BCUT2D eigenvalue weighted by Gasteiger charge is -2.37. The van der Waals surface area contributed by atoms with Crippen LogP contribution in [0, 0.1) is 0 Å². The van der Waals surface area contributed by atoms with Crippen LogP contribution in [0.15, 0.2) is 107 Å². The number of methoxy groups -OCH3 is 1. The maximum atomic E-state index is 14.9. The van der Waals surface area contributed by atoms with E-state index in [0.29, 0.717) is 24.8 Å². The molecule has 316 valence electrons. The van der Waals surface area contributed by atoms with Crippen molar-refractivity contribution in [1.29, 1.82) is 0 Å². The van der Waals surface area contributed by atoms with E-state index < -0.39 is 23.9 Å². The van der Waals surface area contributed by atoms with Gasteiger partial charge in [-0.05, 0) is 105 Å². The largest absolute Gasteiger partial charge is 0.383 e. The van der Waals surface area contributed by atoms with Crippen molar-refractivity contribution in [2.75, 3.05) is 20.3 Å². The minimum Gasteiger partial charge on any atom is -0.383 e. The molecule has 61 heavy (non-hydrogen) atoms. The van der Waals surface area contributed by atoms with E-state index in [1.807, 2.05) is 6.92 Å². The summed E-state index contributed by atoms with van der Waals surface area (Å²) in [6, 6.07) is 25.4. The van der Waals surface area contributed by atoms with Crippen molar-refractivity contribution in [2.24, 2.45) is 0 Å². The van der Waals surface area contributed by atoms with Gasteiger partial charge in [0, 0.05) is 69.0 Å². The van der Waals surface area contributed by atoms with Crippen LogP contribution in [0.1, 0.15) is 105 Å². The summed E-state index contributed by atoms with van der Waals surface area (Å²) in [4.78, 5) is 46.3. The van der Waals surface area contributed by atoms with Crippen molar-refractivity contribution in [3.05, 3.63) is 118 Å². The molecule has 3 heterocycles. The number of urea groups is 1. The summed E-state index contributed by atoms with van der Waals surface area (Å²) in [6.07, 6.45) is 15.6. The molecule has 3 atom stereocenters. The van der Waals surface area contributed by atoms with Gasteiger partial charge in [-0.3, -0.25) is 19.4 Å². The fourth-order valence-electron chi connectivity index (χ4n) is 10.2. The van der Waals surface area contributed by atoms with Crippen LogP contribution in [0.4, 0.5) is 4.79 Å². The van der Waals surface area contributed by atoms with Crippen molar-refractivity contribution in [1.82, 2.24) is 18.9 Å². The zero-order chi connectivity index (χ0) is 42.9. The number of imide groups is 2. The molecule has 2 fully saturated rings. The van der Waals surface area contributed by atoms with Gasteiger partial charge in [0.2, 0.25) is 0 Å². The predicted octanol–water partition coefficient (Wildman–Crippen LogP) is 10.9. The number of rotatable bonds is 14. The SMILES string of the molecule is CCCCN1C(=O)C(=C2/C(=C/C=c3\c4cccc5cccc(c54)n3C(C)CCC)CC/C2=C\C=c2/c3cccc4cccc(c43)n2C(C)CCC)C(=O)N([C@H](C)COC)C1=O. The molecule has 1 aliphatic heterocycles. The molecule has 8 heteroatoms. The summed E-state index contributed by atoms with van der Waals surface area (Å²) in [5.41, 5.74) is 4.93. The third-order valence-electron chi connectivity index (χ3n) is 13.0. The molecular weight excluding hydrogens is 757 g/mol. The van der Waals surface area contributed by atoms with Crippen LogP contribution in [-0.2, 0) is 14.3 Å². The molecule has 1 saturated heterocycles. The first-order chi connectivity index (χ1) is 29.6. The average Bonchev–Trinajstić information content (AvgIpc) is 3.91. The number of carbonyl (C=O) groups is 3. The highest BCUT2D eigenvalue weighted by Crippen LogP contribution is 2.41. The summed E-state index contributed by atoms with van der Waals surface area (Å²) in [6.45, 7) is 13.3.